The lowest BCUT2D eigenvalue weighted by atomic mass is 9.79. The summed E-state index contributed by atoms with van der Waals surface area (Å²) in [6.45, 7) is 3.79. The van der Waals surface area contributed by atoms with E-state index in [-0.39, 0.29) is 12.0 Å². The van der Waals surface area contributed by atoms with Crippen molar-refractivity contribution in [3.63, 3.8) is 0 Å². The molecule has 0 aromatic heterocycles. The summed E-state index contributed by atoms with van der Waals surface area (Å²) in [6, 6.07) is 7.53. The largest absolute Gasteiger partial charge is 0.361 e. The lowest BCUT2D eigenvalue weighted by Crippen LogP contribution is -2.47. The maximum atomic E-state index is 12.2. The van der Waals surface area contributed by atoms with E-state index in [4.69, 9.17) is 4.74 Å². The number of fused-ring (bicyclic) bond motifs is 1. The average molecular weight is 205 g/mol. The number of ether oxygens (including phenoxy) is 1. The highest BCUT2D eigenvalue weighted by Gasteiger charge is 2.42. The fourth-order valence-corrected chi connectivity index (χ4v) is 1.95. The summed E-state index contributed by atoms with van der Waals surface area (Å²) >= 11 is 0. The van der Waals surface area contributed by atoms with Crippen molar-refractivity contribution in [1.82, 2.24) is 0 Å². The Morgan fingerprint density at radius 3 is 2.67 bits per heavy atom. The van der Waals surface area contributed by atoms with Gasteiger partial charge in [0.25, 0.3) is 0 Å². The van der Waals surface area contributed by atoms with E-state index in [0.717, 1.165) is 11.3 Å². The van der Waals surface area contributed by atoms with E-state index in [1.165, 1.54) is 0 Å². The van der Waals surface area contributed by atoms with Gasteiger partial charge >= 0.3 is 0 Å². The van der Waals surface area contributed by atoms with Crippen LogP contribution in [0.4, 0.5) is 5.69 Å². The first-order valence-corrected chi connectivity index (χ1v) is 5.00. The molecule has 0 radical (unpaired) electrons. The van der Waals surface area contributed by atoms with E-state index >= 15 is 0 Å². The van der Waals surface area contributed by atoms with Gasteiger partial charge in [0.1, 0.15) is 6.23 Å². The van der Waals surface area contributed by atoms with E-state index in [9.17, 15) is 4.79 Å². The number of methoxy groups -OCH3 is 1. The van der Waals surface area contributed by atoms with Crippen molar-refractivity contribution < 1.29 is 9.53 Å². The fraction of sp³-hybridized carbons (Fsp3) is 0.417. The quantitative estimate of drug-likeness (QED) is 0.764. The number of para-hydroxylation sites is 1. The zero-order chi connectivity index (χ0) is 11.1. The van der Waals surface area contributed by atoms with Gasteiger partial charge in [-0.05, 0) is 26.0 Å². The highest BCUT2D eigenvalue weighted by molar-refractivity contribution is 6.06. The molecule has 0 saturated carbocycles. The second-order valence-corrected chi connectivity index (χ2v) is 4.36. The molecule has 3 heteroatoms. The maximum absolute atomic E-state index is 12.2. The molecule has 2 rings (SSSR count). The Labute approximate surface area is 89.4 Å². The van der Waals surface area contributed by atoms with Crippen LogP contribution in [0.3, 0.4) is 0 Å². The van der Waals surface area contributed by atoms with Gasteiger partial charge in [0.15, 0.2) is 5.78 Å². The Morgan fingerprint density at radius 2 is 2.00 bits per heavy atom. The van der Waals surface area contributed by atoms with Crippen LogP contribution in [0.1, 0.15) is 24.2 Å². The van der Waals surface area contributed by atoms with Crippen LogP contribution in [0.15, 0.2) is 24.3 Å². The van der Waals surface area contributed by atoms with Gasteiger partial charge in [0.05, 0.1) is 5.41 Å². The first-order valence-electron chi connectivity index (χ1n) is 5.00. The van der Waals surface area contributed by atoms with Gasteiger partial charge in [0.2, 0.25) is 0 Å². The van der Waals surface area contributed by atoms with Gasteiger partial charge in [0, 0.05) is 18.4 Å². The van der Waals surface area contributed by atoms with Crippen molar-refractivity contribution in [3.8, 4) is 0 Å². The molecule has 1 heterocycles. The third kappa shape index (κ3) is 1.43. The molecule has 0 bridgehead atoms. The highest BCUT2D eigenvalue weighted by Crippen LogP contribution is 2.36. The molecule has 1 unspecified atom stereocenters. The number of hydrogen-bond donors (Lipinski definition) is 1. The molecule has 1 aliphatic heterocycles. The second-order valence-electron chi connectivity index (χ2n) is 4.36. The van der Waals surface area contributed by atoms with Crippen molar-refractivity contribution in [2.75, 3.05) is 12.4 Å². The van der Waals surface area contributed by atoms with E-state index in [0.29, 0.717) is 0 Å². The van der Waals surface area contributed by atoms with E-state index in [1.54, 1.807) is 7.11 Å². The lowest BCUT2D eigenvalue weighted by molar-refractivity contribution is 0.0237. The highest BCUT2D eigenvalue weighted by atomic mass is 16.5. The van der Waals surface area contributed by atoms with Gasteiger partial charge in [-0.3, -0.25) is 4.79 Å². The number of Topliss-reactive ketones (excluding diaryl/α,β-unsaturated/α-hetero) is 1. The minimum atomic E-state index is -0.525. The van der Waals surface area contributed by atoms with Gasteiger partial charge in [-0.1, -0.05) is 12.1 Å². The standard InChI is InChI=1S/C12H15NO2/c1-12(2)10(14)8-6-4-5-7-9(8)13-11(12)15-3/h4-7,11,13H,1-3H3. The Balaban J connectivity index is 2.51. The normalized spacial score (nSPS) is 23.1. The Bertz CT molecular complexity index is 398. The predicted molar refractivity (Wildman–Crippen MR) is 59.0 cm³/mol. The first-order chi connectivity index (χ1) is 7.07. The molecule has 0 aliphatic carbocycles. The molecular weight excluding hydrogens is 190 g/mol. The van der Waals surface area contributed by atoms with Crippen LogP contribution < -0.4 is 5.32 Å². The number of nitrogens with one attached hydrogen (secondary N) is 1. The topological polar surface area (TPSA) is 38.3 Å². The number of rotatable bonds is 1. The lowest BCUT2D eigenvalue weighted by Gasteiger charge is -2.38. The van der Waals surface area contributed by atoms with Gasteiger partial charge < -0.3 is 10.1 Å². The molecule has 15 heavy (non-hydrogen) atoms. The van der Waals surface area contributed by atoms with Crippen LogP contribution in [0.2, 0.25) is 0 Å². The molecule has 0 amide bonds. The Morgan fingerprint density at radius 1 is 1.33 bits per heavy atom. The fourth-order valence-electron chi connectivity index (χ4n) is 1.95. The van der Waals surface area contributed by atoms with Crippen molar-refractivity contribution in [1.29, 1.82) is 0 Å². The summed E-state index contributed by atoms with van der Waals surface area (Å²) in [7, 11) is 1.61. The molecule has 1 N–H and O–H groups in total. The van der Waals surface area contributed by atoms with Crippen molar-refractivity contribution in [3.05, 3.63) is 29.8 Å². The smallest absolute Gasteiger partial charge is 0.175 e. The van der Waals surface area contributed by atoms with Gasteiger partial charge in [-0.2, -0.15) is 0 Å². The third-order valence-corrected chi connectivity index (χ3v) is 2.93. The summed E-state index contributed by atoms with van der Waals surface area (Å²) in [5, 5.41) is 3.22. The average Bonchev–Trinajstić information content (AvgIpc) is 2.23. The van der Waals surface area contributed by atoms with Crippen LogP contribution in [-0.4, -0.2) is 19.1 Å². The third-order valence-electron chi connectivity index (χ3n) is 2.93. The number of ketones is 1. The van der Waals surface area contributed by atoms with E-state index < -0.39 is 5.41 Å². The number of carbonyl (C=O) groups excluding carboxylic acids is 1. The molecule has 1 aromatic rings. The predicted octanol–water partition coefficient (Wildman–Crippen LogP) is 2.29. The first kappa shape index (κ1) is 10.2. The molecule has 1 atom stereocenters. The molecule has 3 nitrogen and oxygen atoms in total. The zero-order valence-corrected chi connectivity index (χ0v) is 9.20. The minimum Gasteiger partial charge on any atom is -0.361 e. The number of benzene rings is 1. The molecular formula is C12H15NO2. The van der Waals surface area contributed by atoms with E-state index in [2.05, 4.69) is 5.32 Å². The zero-order valence-electron chi connectivity index (χ0n) is 9.20. The molecule has 0 saturated heterocycles. The number of carbonyl (C=O) groups is 1. The number of anilines is 1. The molecule has 80 valence electrons. The molecule has 1 aliphatic rings. The SMILES string of the molecule is COC1Nc2ccccc2C(=O)C1(C)C. The summed E-state index contributed by atoms with van der Waals surface area (Å²) in [6.07, 6.45) is -0.264. The van der Waals surface area contributed by atoms with Gasteiger partial charge in [-0.15, -0.1) is 0 Å². The van der Waals surface area contributed by atoms with Crippen molar-refractivity contribution >= 4 is 11.5 Å². The van der Waals surface area contributed by atoms with Crippen molar-refractivity contribution in [2.45, 2.75) is 20.1 Å². The van der Waals surface area contributed by atoms with Gasteiger partial charge in [-0.25, -0.2) is 0 Å². The van der Waals surface area contributed by atoms with Crippen LogP contribution in [-0.2, 0) is 4.74 Å². The molecule has 0 spiro atoms. The minimum absolute atomic E-state index is 0.128. The summed E-state index contributed by atoms with van der Waals surface area (Å²) < 4.78 is 5.30. The summed E-state index contributed by atoms with van der Waals surface area (Å²) in [5.74, 6) is 0.128. The summed E-state index contributed by atoms with van der Waals surface area (Å²) in [4.78, 5) is 12.2. The van der Waals surface area contributed by atoms with Crippen LogP contribution in [0, 0.1) is 5.41 Å². The monoisotopic (exact) mass is 205 g/mol. The second kappa shape index (κ2) is 3.35. The Hall–Kier alpha value is -1.35. The molecule has 0 fully saturated rings. The molecule has 1 aromatic carbocycles. The van der Waals surface area contributed by atoms with E-state index in [1.807, 2.05) is 38.1 Å². The van der Waals surface area contributed by atoms with Crippen LogP contribution >= 0.6 is 0 Å². The van der Waals surface area contributed by atoms with Crippen LogP contribution in [0.25, 0.3) is 0 Å². The Kier molecular flexibility index (Phi) is 2.27. The maximum Gasteiger partial charge on any atom is 0.175 e. The van der Waals surface area contributed by atoms with Crippen LogP contribution in [0.5, 0.6) is 0 Å². The summed E-state index contributed by atoms with van der Waals surface area (Å²) in [5.41, 5.74) is 1.08. The number of hydrogen-bond acceptors (Lipinski definition) is 3. The van der Waals surface area contributed by atoms with Crippen molar-refractivity contribution in [2.24, 2.45) is 5.41 Å².